The predicted molar refractivity (Wildman–Crippen MR) is 77.1 cm³/mol. The molecule has 1 aliphatic rings. The molecular weight excluding hydrogens is 274 g/mol. The Kier molecular flexibility index (Phi) is 4.57. The van der Waals surface area contributed by atoms with Gasteiger partial charge in [-0.2, -0.15) is 0 Å². The van der Waals surface area contributed by atoms with Gasteiger partial charge in [0.15, 0.2) is 0 Å². The number of ether oxygens (including phenoxy) is 3. The number of benzene rings is 1. The third kappa shape index (κ3) is 2.90. The number of hydrogen-bond acceptors (Lipinski definition) is 5. The van der Waals surface area contributed by atoms with Crippen molar-refractivity contribution in [3.8, 4) is 17.2 Å². The summed E-state index contributed by atoms with van der Waals surface area (Å²) in [7, 11) is 4.63. The zero-order chi connectivity index (χ0) is 15.6. The van der Waals surface area contributed by atoms with Crippen LogP contribution in [0.4, 0.5) is 0 Å². The van der Waals surface area contributed by atoms with Gasteiger partial charge < -0.3 is 24.6 Å². The average molecular weight is 295 g/mol. The van der Waals surface area contributed by atoms with Crippen LogP contribution in [0.1, 0.15) is 24.8 Å². The average Bonchev–Trinajstić information content (AvgIpc) is 2.49. The first-order chi connectivity index (χ1) is 10.0. The van der Waals surface area contributed by atoms with E-state index >= 15 is 0 Å². The molecule has 6 heteroatoms. The van der Waals surface area contributed by atoms with Crippen LogP contribution < -0.4 is 19.5 Å². The van der Waals surface area contributed by atoms with E-state index in [1.54, 1.807) is 26.2 Å². The third-order valence-electron chi connectivity index (χ3n) is 3.84. The lowest BCUT2D eigenvalue weighted by Crippen LogP contribution is -2.50. The summed E-state index contributed by atoms with van der Waals surface area (Å²) in [6, 6.07) is 3.12. The van der Waals surface area contributed by atoms with Gasteiger partial charge in [-0.25, -0.2) is 0 Å². The summed E-state index contributed by atoms with van der Waals surface area (Å²) < 4.78 is 16.0. The van der Waals surface area contributed by atoms with Gasteiger partial charge in [0.25, 0.3) is 0 Å². The molecule has 1 amide bonds. The minimum Gasteiger partial charge on any atom is -0.496 e. The van der Waals surface area contributed by atoms with Crippen molar-refractivity contribution >= 4 is 5.91 Å². The minimum atomic E-state index is -0.709. The fourth-order valence-corrected chi connectivity index (χ4v) is 2.74. The molecule has 3 atom stereocenters. The molecule has 0 bridgehead atoms. The van der Waals surface area contributed by atoms with Crippen LogP contribution in [-0.2, 0) is 4.79 Å². The molecule has 2 rings (SSSR count). The highest BCUT2D eigenvalue weighted by molar-refractivity contribution is 5.79. The van der Waals surface area contributed by atoms with Crippen molar-refractivity contribution in [3.05, 3.63) is 17.7 Å². The number of methoxy groups -OCH3 is 3. The highest BCUT2D eigenvalue weighted by Crippen LogP contribution is 2.43. The van der Waals surface area contributed by atoms with Crippen molar-refractivity contribution < 1.29 is 24.1 Å². The zero-order valence-electron chi connectivity index (χ0n) is 12.7. The fourth-order valence-electron chi connectivity index (χ4n) is 2.74. The Morgan fingerprint density at radius 3 is 2.19 bits per heavy atom. The second-order valence-electron chi connectivity index (χ2n) is 5.10. The molecule has 0 aromatic heterocycles. The van der Waals surface area contributed by atoms with Crippen molar-refractivity contribution in [3.63, 3.8) is 0 Å². The lowest BCUT2D eigenvalue weighted by atomic mass is 9.83. The monoisotopic (exact) mass is 295 g/mol. The number of carbonyl (C=O) groups is 1. The van der Waals surface area contributed by atoms with Gasteiger partial charge in [-0.05, 0) is 6.92 Å². The van der Waals surface area contributed by atoms with Crippen LogP contribution in [0, 0.1) is 0 Å². The van der Waals surface area contributed by atoms with E-state index in [9.17, 15) is 9.90 Å². The van der Waals surface area contributed by atoms with E-state index in [4.69, 9.17) is 14.2 Å². The minimum absolute atomic E-state index is 0.0993. The Balaban J connectivity index is 2.52. The van der Waals surface area contributed by atoms with E-state index in [0.29, 0.717) is 22.8 Å². The molecule has 1 aromatic rings. The normalized spacial score (nSPS) is 25.2. The maximum atomic E-state index is 11.8. The van der Waals surface area contributed by atoms with Crippen molar-refractivity contribution in [2.45, 2.75) is 31.4 Å². The van der Waals surface area contributed by atoms with Gasteiger partial charge >= 0.3 is 0 Å². The summed E-state index contributed by atoms with van der Waals surface area (Å²) in [5.74, 6) is 1.19. The Morgan fingerprint density at radius 2 is 1.71 bits per heavy atom. The van der Waals surface area contributed by atoms with Gasteiger partial charge in [-0.15, -0.1) is 0 Å². The third-order valence-corrected chi connectivity index (χ3v) is 3.84. The molecular formula is C15H21NO5. The highest BCUT2D eigenvalue weighted by Gasteiger charge is 2.37. The number of piperidine rings is 1. The summed E-state index contributed by atoms with van der Waals surface area (Å²) in [6.07, 6.45) is -0.524. The summed E-state index contributed by atoms with van der Waals surface area (Å²) in [5, 5.41) is 13.1. The first-order valence-corrected chi connectivity index (χ1v) is 6.79. The molecule has 1 aliphatic heterocycles. The number of hydrogen-bond donors (Lipinski definition) is 2. The molecule has 2 N–H and O–H groups in total. The van der Waals surface area contributed by atoms with Crippen LogP contribution >= 0.6 is 0 Å². The topological polar surface area (TPSA) is 77.0 Å². The Hall–Kier alpha value is -1.95. The summed E-state index contributed by atoms with van der Waals surface area (Å²) >= 11 is 0. The smallest absolute Gasteiger partial charge is 0.221 e. The number of carbonyl (C=O) groups excluding carboxylic acids is 1. The predicted octanol–water partition coefficient (Wildman–Crippen LogP) is 1.07. The molecule has 1 fully saturated rings. The first-order valence-electron chi connectivity index (χ1n) is 6.79. The fraction of sp³-hybridized carbons (Fsp3) is 0.533. The first kappa shape index (κ1) is 15.4. The van der Waals surface area contributed by atoms with Crippen LogP contribution in [0.3, 0.4) is 0 Å². The van der Waals surface area contributed by atoms with Gasteiger partial charge in [0.2, 0.25) is 5.91 Å². The van der Waals surface area contributed by atoms with Crippen LogP contribution in [-0.4, -0.2) is 44.5 Å². The van der Waals surface area contributed by atoms with Crippen molar-refractivity contribution in [2.24, 2.45) is 0 Å². The molecule has 21 heavy (non-hydrogen) atoms. The van der Waals surface area contributed by atoms with E-state index < -0.39 is 6.10 Å². The van der Waals surface area contributed by atoms with E-state index in [0.717, 1.165) is 0 Å². The van der Waals surface area contributed by atoms with Crippen molar-refractivity contribution in [1.82, 2.24) is 5.32 Å². The number of aliphatic hydroxyl groups excluding tert-OH is 1. The molecule has 0 saturated carbocycles. The molecule has 116 valence electrons. The molecule has 0 unspecified atom stereocenters. The van der Waals surface area contributed by atoms with Crippen LogP contribution in [0.25, 0.3) is 0 Å². The molecule has 1 aromatic carbocycles. The largest absolute Gasteiger partial charge is 0.496 e. The molecule has 1 saturated heterocycles. The number of rotatable bonds is 4. The highest BCUT2D eigenvalue weighted by atomic mass is 16.5. The number of nitrogens with one attached hydrogen (secondary N) is 1. The van der Waals surface area contributed by atoms with Crippen molar-refractivity contribution in [1.29, 1.82) is 0 Å². The van der Waals surface area contributed by atoms with Crippen molar-refractivity contribution in [2.75, 3.05) is 21.3 Å². The van der Waals surface area contributed by atoms with Gasteiger partial charge in [0, 0.05) is 30.0 Å². The van der Waals surface area contributed by atoms with Crippen LogP contribution in [0.5, 0.6) is 17.2 Å². The number of aliphatic hydroxyl groups is 1. The Morgan fingerprint density at radius 1 is 1.14 bits per heavy atom. The quantitative estimate of drug-likeness (QED) is 0.868. The second-order valence-corrected chi connectivity index (χ2v) is 5.10. The molecule has 0 spiro atoms. The maximum absolute atomic E-state index is 11.8. The summed E-state index contributed by atoms with van der Waals surface area (Å²) in [5.41, 5.74) is 0.690. The van der Waals surface area contributed by atoms with Crippen LogP contribution in [0.15, 0.2) is 12.1 Å². The lowest BCUT2D eigenvalue weighted by molar-refractivity contribution is -0.126. The molecule has 0 aliphatic carbocycles. The zero-order valence-corrected chi connectivity index (χ0v) is 12.7. The van der Waals surface area contributed by atoms with Gasteiger partial charge in [0.1, 0.15) is 17.2 Å². The second kappa shape index (κ2) is 6.22. The Bertz CT molecular complexity index is 506. The van der Waals surface area contributed by atoms with E-state index in [1.165, 1.54) is 14.2 Å². The maximum Gasteiger partial charge on any atom is 0.221 e. The summed E-state index contributed by atoms with van der Waals surface area (Å²) in [6.45, 7) is 1.78. The number of amides is 1. The van der Waals surface area contributed by atoms with Gasteiger partial charge in [-0.1, -0.05) is 0 Å². The van der Waals surface area contributed by atoms with E-state index in [1.807, 2.05) is 0 Å². The molecule has 6 nitrogen and oxygen atoms in total. The van der Waals surface area contributed by atoms with E-state index in [2.05, 4.69) is 5.32 Å². The standard InChI is InChI=1S/C15H21NO5/c1-8-15(18)10(7-13(17)16-8)14-11(20-3)5-9(19-2)6-12(14)21-4/h5-6,8,10,15,18H,7H2,1-4H3,(H,16,17)/t8-,10+,15+/m0/s1. The molecule has 0 radical (unpaired) electrons. The van der Waals surface area contributed by atoms with E-state index in [-0.39, 0.29) is 24.3 Å². The Labute approximate surface area is 124 Å². The lowest BCUT2D eigenvalue weighted by Gasteiger charge is -2.34. The molecule has 1 heterocycles. The SMILES string of the molecule is COc1cc(OC)c([C@H]2CC(=O)N[C@@H](C)[C@H]2O)c(OC)c1. The van der Waals surface area contributed by atoms with Gasteiger partial charge in [-0.3, -0.25) is 4.79 Å². The van der Waals surface area contributed by atoms with Crippen LogP contribution in [0.2, 0.25) is 0 Å². The summed E-state index contributed by atoms with van der Waals surface area (Å²) in [4.78, 5) is 11.8. The van der Waals surface area contributed by atoms with Gasteiger partial charge in [0.05, 0.1) is 33.5 Å².